The maximum atomic E-state index is 14.2. The Morgan fingerprint density at radius 2 is 1.71 bits per heavy atom. The fraction of sp³-hybridized carbons (Fsp3) is 0.241. The molecular weight excluding hydrogens is 515 g/mol. The molecule has 5 nitrogen and oxygen atoms in total. The lowest BCUT2D eigenvalue weighted by Crippen LogP contribution is -2.33. The summed E-state index contributed by atoms with van der Waals surface area (Å²) in [5.74, 6) is -3.15. The molecule has 1 N–H and O–H groups in total. The summed E-state index contributed by atoms with van der Waals surface area (Å²) >= 11 is 6.08. The minimum absolute atomic E-state index is 0.0796. The molecule has 196 valence electrons. The number of halogens is 4. The molecule has 3 aromatic carbocycles. The highest BCUT2D eigenvalue weighted by Crippen LogP contribution is 2.32. The van der Waals surface area contributed by atoms with Crippen LogP contribution in [0.1, 0.15) is 38.7 Å². The van der Waals surface area contributed by atoms with E-state index in [4.69, 9.17) is 11.6 Å². The first-order chi connectivity index (χ1) is 18.3. The van der Waals surface area contributed by atoms with E-state index in [0.29, 0.717) is 32.6 Å². The van der Waals surface area contributed by atoms with E-state index >= 15 is 0 Å². The third-order valence-electron chi connectivity index (χ3n) is 6.95. The van der Waals surface area contributed by atoms with Gasteiger partial charge in [0.1, 0.15) is 17.5 Å². The molecule has 0 saturated carbocycles. The molecule has 0 aliphatic carbocycles. The fourth-order valence-electron chi connectivity index (χ4n) is 5.10. The van der Waals surface area contributed by atoms with Crippen LogP contribution in [0.4, 0.5) is 13.2 Å². The van der Waals surface area contributed by atoms with Gasteiger partial charge in [0.15, 0.2) is 0 Å². The van der Waals surface area contributed by atoms with E-state index in [-0.39, 0.29) is 28.1 Å². The van der Waals surface area contributed by atoms with E-state index in [1.54, 1.807) is 6.20 Å². The Balaban J connectivity index is 1.24. The maximum Gasteiger partial charge on any atom is 0.262 e. The van der Waals surface area contributed by atoms with Crippen LogP contribution in [-0.2, 0) is 0 Å². The van der Waals surface area contributed by atoms with Crippen molar-refractivity contribution in [1.82, 2.24) is 15.1 Å². The topological polar surface area (TPSA) is 52.7 Å². The van der Waals surface area contributed by atoms with E-state index < -0.39 is 29.3 Å². The van der Waals surface area contributed by atoms with E-state index in [0.717, 1.165) is 29.3 Å². The van der Waals surface area contributed by atoms with Crippen molar-refractivity contribution >= 4 is 23.4 Å². The van der Waals surface area contributed by atoms with Crippen molar-refractivity contribution < 1.29 is 22.8 Å². The average molecular weight is 540 g/mol. The van der Waals surface area contributed by atoms with E-state index in [9.17, 15) is 22.8 Å². The van der Waals surface area contributed by atoms with Gasteiger partial charge in [-0.25, -0.2) is 13.2 Å². The second kappa shape index (κ2) is 11.0. The van der Waals surface area contributed by atoms with Crippen molar-refractivity contribution in [1.29, 1.82) is 0 Å². The standard InChI is InChI=1S/C29H25ClF3N3O2/c30-24-7-4-8-25(33)27(24)29(38)36-16-20-14-35(15-21(20)17-36)10-9-26(18-5-2-1-3-6-18)34-28(37)19-11-22(31)13-23(32)12-19/h1-8,11-13,16,21,26H,9-10,14-15,17H2,(H,34,37)/t21?,26-/m0/s1. The summed E-state index contributed by atoms with van der Waals surface area (Å²) in [6.07, 6.45) is 2.35. The number of hydrogen-bond acceptors (Lipinski definition) is 3. The molecule has 0 aromatic heterocycles. The number of nitrogens with one attached hydrogen (secondary N) is 1. The van der Waals surface area contributed by atoms with Gasteiger partial charge in [0.05, 0.1) is 16.6 Å². The largest absolute Gasteiger partial charge is 0.345 e. The third-order valence-corrected chi connectivity index (χ3v) is 7.27. The smallest absolute Gasteiger partial charge is 0.262 e. The molecule has 38 heavy (non-hydrogen) atoms. The molecule has 9 heteroatoms. The highest BCUT2D eigenvalue weighted by atomic mass is 35.5. The summed E-state index contributed by atoms with van der Waals surface area (Å²) in [6, 6.07) is 16.0. The molecule has 5 rings (SSSR count). The van der Waals surface area contributed by atoms with Crippen LogP contribution in [0, 0.1) is 23.4 Å². The van der Waals surface area contributed by atoms with Crippen molar-refractivity contribution in [3.05, 3.63) is 118 Å². The second-order valence-electron chi connectivity index (χ2n) is 9.57. The molecule has 3 aromatic rings. The molecule has 0 spiro atoms. The molecule has 2 amide bonds. The van der Waals surface area contributed by atoms with Crippen LogP contribution >= 0.6 is 11.6 Å². The van der Waals surface area contributed by atoms with Crippen molar-refractivity contribution in [2.24, 2.45) is 5.92 Å². The number of amides is 2. The van der Waals surface area contributed by atoms with Gasteiger partial charge in [-0.1, -0.05) is 48.0 Å². The van der Waals surface area contributed by atoms with Gasteiger partial charge in [-0.05, 0) is 41.8 Å². The summed E-state index contributed by atoms with van der Waals surface area (Å²) in [7, 11) is 0. The quantitative estimate of drug-likeness (QED) is 0.426. The van der Waals surface area contributed by atoms with Gasteiger partial charge >= 0.3 is 0 Å². The highest BCUT2D eigenvalue weighted by Gasteiger charge is 2.36. The number of hydrogen-bond donors (Lipinski definition) is 1. The zero-order valence-corrected chi connectivity index (χ0v) is 21.1. The lowest BCUT2D eigenvalue weighted by atomic mass is 10.0. The lowest BCUT2D eigenvalue weighted by molar-refractivity contribution is 0.0816. The van der Waals surface area contributed by atoms with Crippen LogP contribution in [0.25, 0.3) is 0 Å². The van der Waals surface area contributed by atoms with Gasteiger partial charge in [-0.15, -0.1) is 0 Å². The van der Waals surface area contributed by atoms with Crippen LogP contribution in [0.15, 0.2) is 78.5 Å². The molecule has 2 heterocycles. The monoisotopic (exact) mass is 539 g/mol. The Kier molecular flexibility index (Phi) is 7.53. The van der Waals surface area contributed by atoms with Crippen LogP contribution < -0.4 is 5.32 Å². The van der Waals surface area contributed by atoms with Crippen molar-refractivity contribution in [2.45, 2.75) is 12.5 Å². The molecule has 0 bridgehead atoms. The van der Waals surface area contributed by atoms with E-state index in [2.05, 4.69) is 10.2 Å². The Hall–Kier alpha value is -3.62. The van der Waals surface area contributed by atoms with Crippen LogP contribution in [-0.4, -0.2) is 47.8 Å². The van der Waals surface area contributed by atoms with Crippen molar-refractivity contribution in [3.63, 3.8) is 0 Å². The maximum absolute atomic E-state index is 14.2. The van der Waals surface area contributed by atoms with Gasteiger partial charge in [0.2, 0.25) is 0 Å². The van der Waals surface area contributed by atoms with Crippen molar-refractivity contribution in [2.75, 3.05) is 26.2 Å². The molecular formula is C29H25ClF3N3O2. The summed E-state index contributed by atoms with van der Waals surface area (Å²) in [5, 5.41) is 3.00. The molecule has 2 aliphatic rings. The van der Waals surface area contributed by atoms with Crippen LogP contribution in [0.3, 0.4) is 0 Å². The Morgan fingerprint density at radius 3 is 2.39 bits per heavy atom. The van der Waals surface area contributed by atoms with E-state index in [1.807, 2.05) is 30.3 Å². The number of nitrogens with zero attached hydrogens (tertiary/aromatic N) is 2. The fourth-order valence-corrected chi connectivity index (χ4v) is 5.34. The molecule has 2 aliphatic heterocycles. The number of carbonyl (C=O) groups excluding carboxylic acids is 2. The number of likely N-dealkylation sites (tertiary alicyclic amines) is 1. The molecule has 1 fully saturated rings. The van der Waals surface area contributed by atoms with Gasteiger partial charge < -0.3 is 10.2 Å². The highest BCUT2D eigenvalue weighted by molar-refractivity contribution is 6.33. The summed E-state index contributed by atoms with van der Waals surface area (Å²) in [4.78, 5) is 29.5. The van der Waals surface area contributed by atoms with Crippen LogP contribution in [0.5, 0.6) is 0 Å². The normalized spacial score (nSPS) is 17.7. The second-order valence-corrected chi connectivity index (χ2v) is 9.98. The summed E-state index contributed by atoms with van der Waals surface area (Å²) < 4.78 is 41.5. The summed E-state index contributed by atoms with van der Waals surface area (Å²) in [6.45, 7) is 2.45. The first kappa shape index (κ1) is 26.0. The predicted molar refractivity (Wildman–Crippen MR) is 138 cm³/mol. The van der Waals surface area contributed by atoms with Gasteiger partial charge in [0.25, 0.3) is 11.8 Å². The number of benzene rings is 3. The van der Waals surface area contributed by atoms with Gasteiger partial charge in [-0.3, -0.25) is 14.5 Å². The summed E-state index contributed by atoms with van der Waals surface area (Å²) in [5.41, 5.74) is 1.77. The number of carbonyl (C=O) groups is 2. The first-order valence-electron chi connectivity index (χ1n) is 12.3. The lowest BCUT2D eigenvalue weighted by Gasteiger charge is -2.24. The zero-order valence-electron chi connectivity index (χ0n) is 20.3. The first-order valence-corrected chi connectivity index (χ1v) is 12.7. The van der Waals surface area contributed by atoms with Gasteiger partial charge in [-0.2, -0.15) is 0 Å². The Bertz CT molecular complexity index is 1360. The SMILES string of the molecule is O=C(N[C@@H](CCN1CC2=CN(C(=O)c3c(F)cccc3Cl)CC2C1)c1ccccc1)c1cc(F)cc(F)c1. The molecule has 1 saturated heterocycles. The zero-order chi connectivity index (χ0) is 26.8. The molecule has 1 unspecified atom stereocenters. The average Bonchev–Trinajstić information content (AvgIpc) is 3.45. The third kappa shape index (κ3) is 5.61. The molecule has 0 radical (unpaired) electrons. The van der Waals surface area contributed by atoms with Crippen LogP contribution in [0.2, 0.25) is 5.02 Å². The minimum atomic E-state index is -0.812. The Morgan fingerprint density at radius 1 is 0.974 bits per heavy atom. The predicted octanol–water partition coefficient (Wildman–Crippen LogP) is 5.59. The number of rotatable bonds is 7. The van der Waals surface area contributed by atoms with Gasteiger partial charge in [0, 0.05) is 49.9 Å². The Labute approximate surface area is 223 Å². The molecule has 2 atom stereocenters. The minimum Gasteiger partial charge on any atom is -0.345 e. The number of fused-ring (bicyclic) bond motifs is 1. The van der Waals surface area contributed by atoms with Crippen molar-refractivity contribution in [3.8, 4) is 0 Å². The van der Waals surface area contributed by atoms with E-state index in [1.165, 1.54) is 23.1 Å².